The maximum absolute atomic E-state index is 13.2. The Kier molecular flexibility index (Phi) is 3.36. The highest BCUT2D eigenvalue weighted by atomic mass is 19.1. The third kappa shape index (κ3) is 2.74. The highest BCUT2D eigenvalue weighted by molar-refractivity contribution is 6.08. The van der Waals surface area contributed by atoms with Crippen molar-refractivity contribution in [2.75, 3.05) is 5.32 Å². The van der Waals surface area contributed by atoms with Gasteiger partial charge in [-0.05, 0) is 43.3 Å². The van der Waals surface area contributed by atoms with Crippen molar-refractivity contribution in [1.29, 1.82) is 0 Å². The van der Waals surface area contributed by atoms with Crippen LogP contribution >= 0.6 is 0 Å². The average molecular weight is 280 g/mol. The quantitative estimate of drug-likeness (QED) is 0.772. The summed E-state index contributed by atoms with van der Waals surface area (Å²) in [5.41, 5.74) is 2.83. The number of halogens is 1. The first-order chi connectivity index (χ1) is 10.1. The van der Waals surface area contributed by atoms with Crippen molar-refractivity contribution >= 4 is 22.5 Å². The summed E-state index contributed by atoms with van der Waals surface area (Å²) in [6.45, 7) is 1.98. The molecule has 1 amide bonds. The summed E-state index contributed by atoms with van der Waals surface area (Å²) in [7, 11) is 0. The number of aromatic nitrogens is 1. The summed E-state index contributed by atoms with van der Waals surface area (Å²) in [6, 6.07) is 13.2. The number of carbonyl (C=O) groups excluding carboxylic acids is 1. The zero-order valence-corrected chi connectivity index (χ0v) is 11.4. The standard InChI is InChI=1S/C17H13FN2O/c1-11-5-6-15-14(9-11)16(7-8-19-15)20-17(21)12-3-2-4-13(18)10-12/h2-10H,1H3,(H,19,20,21). The second-order valence-corrected chi connectivity index (χ2v) is 4.84. The molecule has 0 aliphatic heterocycles. The monoisotopic (exact) mass is 280 g/mol. The number of aryl methyl sites for hydroxylation is 1. The summed E-state index contributed by atoms with van der Waals surface area (Å²) in [5.74, 6) is -0.776. The molecule has 0 saturated heterocycles. The number of pyridine rings is 1. The first-order valence-electron chi connectivity index (χ1n) is 6.56. The average Bonchev–Trinajstić information content (AvgIpc) is 2.48. The van der Waals surface area contributed by atoms with Gasteiger partial charge in [0.25, 0.3) is 5.91 Å². The summed E-state index contributed by atoms with van der Waals surface area (Å²) < 4.78 is 13.2. The molecule has 1 aromatic heterocycles. The van der Waals surface area contributed by atoms with Crippen LogP contribution in [0.25, 0.3) is 10.9 Å². The molecule has 1 N–H and O–H groups in total. The number of rotatable bonds is 2. The Labute approximate surface area is 121 Å². The van der Waals surface area contributed by atoms with Crippen molar-refractivity contribution in [3.05, 3.63) is 71.7 Å². The lowest BCUT2D eigenvalue weighted by molar-refractivity contribution is 0.102. The van der Waals surface area contributed by atoms with Crippen molar-refractivity contribution in [2.24, 2.45) is 0 Å². The van der Waals surface area contributed by atoms with E-state index >= 15 is 0 Å². The van der Waals surface area contributed by atoms with Crippen LogP contribution in [-0.2, 0) is 0 Å². The van der Waals surface area contributed by atoms with Crippen molar-refractivity contribution in [2.45, 2.75) is 6.92 Å². The van der Waals surface area contributed by atoms with Crippen LogP contribution < -0.4 is 5.32 Å². The van der Waals surface area contributed by atoms with Gasteiger partial charge >= 0.3 is 0 Å². The summed E-state index contributed by atoms with van der Waals surface area (Å²) >= 11 is 0. The van der Waals surface area contributed by atoms with Gasteiger partial charge in [-0.15, -0.1) is 0 Å². The molecule has 0 fully saturated rings. The molecule has 104 valence electrons. The number of amides is 1. The van der Waals surface area contributed by atoms with E-state index in [0.29, 0.717) is 5.69 Å². The van der Waals surface area contributed by atoms with Crippen molar-refractivity contribution in [1.82, 2.24) is 4.98 Å². The lowest BCUT2D eigenvalue weighted by Crippen LogP contribution is -2.12. The number of carbonyl (C=O) groups is 1. The zero-order valence-electron chi connectivity index (χ0n) is 11.4. The molecule has 1 heterocycles. The van der Waals surface area contributed by atoms with Crippen LogP contribution in [0.15, 0.2) is 54.7 Å². The Morgan fingerprint density at radius 3 is 2.81 bits per heavy atom. The van der Waals surface area contributed by atoms with E-state index in [0.717, 1.165) is 16.5 Å². The Balaban J connectivity index is 1.98. The molecule has 0 atom stereocenters. The molecular weight excluding hydrogens is 267 g/mol. The van der Waals surface area contributed by atoms with E-state index < -0.39 is 5.82 Å². The molecule has 21 heavy (non-hydrogen) atoms. The lowest BCUT2D eigenvalue weighted by Gasteiger charge is -2.09. The number of nitrogens with one attached hydrogen (secondary N) is 1. The number of fused-ring (bicyclic) bond motifs is 1. The molecule has 0 saturated carbocycles. The third-order valence-electron chi connectivity index (χ3n) is 3.23. The molecule has 4 heteroatoms. The molecule has 3 nitrogen and oxygen atoms in total. The second-order valence-electron chi connectivity index (χ2n) is 4.84. The van der Waals surface area contributed by atoms with Crippen LogP contribution in [0.4, 0.5) is 10.1 Å². The van der Waals surface area contributed by atoms with Crippen LogP contribution in [0.3, 0.4) is 0 Å². The minimum Gasteiger partial charge on any atom is -0.321 e. The first-order valence-corrected chi connectivity index (χ1v) is 6.56. The van der Waals surface area contributed by atoms with Crippen LogP contribution in [-0.4, -0.2) is 10.9 Å². The van der Waals surface area contributed by atoms with E-state index in [-0.39, 0.29) is 11.5 Å². The van der Waals surface area contributed by atoms with Crippen LogP contribution in [0.2, 0.25) is 0 Å². The highest BCUT2D eigenvalue weighted by Crippen LogP contribution is 2.23. The molecule has 0 unspecified atom stereocenters. The zero-order chi connectivity index (χ0) is 14.8. The summed E-state index contributed by atoms with van der Waals surface area (Å²) in [6.07, 6.45) is 1.64. The second kappa shape index (κ2) is 5.32. The minimum absolute atomic E-state index is 0.285. The van der Waals surface area contributed by atoms with Gasteiger partial charge < -0.3 is 5.32 Å². The molecule has 3 aromatic rings. The van der Waals surface area contributed by atoms with Crippen molar-refractivity contribution in [3.8, 4) is 0 Å². The number of hydrogen-bond acceptors (Lipinski definition) is 2. The maximum Gasteiger partial charge on any atom is 0.255 e. The molecule has 0 aliphatic carbocycles. The van der Waals surface area contributed by atoms with Gasteiger partial charge in [-0.1, -0.05) is 17.7 Å². The number of benzene rings is 2. The molecule has 0 bridgehead atoms. The predicted molar refractivity (Wildman–Crippen MR) is 80.8 cm³/mol. The Morgan fingerprint density at radius 1 is 1.14 bits per heavy atom. The normalized spacial score (nSPS) is 10.6. The predicted octanol–water partition coefficient (Wildman–Crippen LogP) is 3.93. The fraction of sp³-hybridized carbons (Fsp3) is 0.0588. The first kappa shape index (κ1) is 13.2. The maximum atomic E-state index is 13.2. The van der Waals surface area contributed by atoms with E-state index in [1.54, 1.807) is 18.3 Å². The lowest BCUT2D eigenvalue weighted by atomic mass is 10.1. The Bertz CT molecular complexity index is 830. The van der Waals surface area contributed by atoms with Gasteiger partial charge in [0, 0.05) is 17.1 Å². The smallest absolute Gasteiger partial charge is 0.255 e. The number of anilines is 1. The topological polar surface area (TPSA) is 42.0 Å². The molecule has 0 aliphatic rings. The van der Waals surface area contributed by atoms with Gasteiger partial charge in [-0.2, -0.15) is 0 Å². The number of hydrogen-bond donors (Lipinski definition) is 1. The van der Waals surface area contributed by atoms with E-state index in [1.807, 2.05) is 25.1 Å². The van der Waals surface area contributed by atoms with Gasteiger partial charge in [0.15, 0.2) is 0 Å². The van der Waals surface area contributed by atoms with E-state index in [9.17, 15) is 9.18 Å². The van der Waals surface area contributed by atoms with E-state index in [1.165, 1.54) is 18.2 Å². The summed E-state index contributed by atoms with van der Waals surface area (Å²) in [4.78, 5) is 16.5. The van der Waals surface area contributed by atoms with Gasteiger partial charge in [-0.3, -0.25) is 9.78 Å². The van der Waals surface area contributed by atoms with Crippen LogP contribution in [0.1, 0.15) is 15.9 Å². The third-order valence-corrected chi connectivity index (χ3v) is 3.23. The van der Waals surface area contributed by atoms with Gasteiger partial charge in [0.2, 0.25) is 0 Å². The SMILES string of the molecule is Cc1ccc2nccc(NC(=O)c3cccc(F)c3)c2c1. The van der Waals surface area contributed by atoms with Gasteiger partial charge in [0.1, 0.15) is 5.82 Å². The fourth-order valence-corrected chi connectivity index (χ4v) is 2.19. The minimum atomic E-state index is -0.432. The van der Waals surface area contributed by atoms with E-state index in [4.69, 9.17) is 0 Å². The van der Waals surface area contributed by atoms with E-state index in [2.05, 4.69) is 10.3 Å². The molecule has 2 aromatic carbocycles. The van der Waals surface area contributed by atoms with Crippen LogP contribution in [0.5, 0.6) is 0 Å². The fourth-order valence-electron chi connectivity index (χ4n) is 2.19. The highest BCUT2D eigenvalue weighted by Gasteiger charge is 2.09. The Morgan fingerprint density at radius 2 is 2.00 bits per heavy atom. The summed E-state index contributed by atoms with van der Waals surface area (Å²) in [5, 5.41) is 3.67. The van der Waals surface area contributed by atoms with Crippen molar-refractivity contribution in [3.63, 3.8) is 0 Å². The molecule has 0 radical (unpaired) electrons. The van der Waals surface area contributed by atoms with Crippen LogP contribution in [0, 0.1) is 12.7 Å². The van der Waals surface area contributed by atoms with Gasteiger partial charge in [-0.25, -0.2) is 4.39 Å². The number of nitrogens with zero attached hydrogens (tertiary/aromatic N) is 1. The molecular formula is C17H13FN2O. The van der Waals surface area contributed by atoms with Crippen molar-refractivity contribution < 1.29 is 9.18 Å². The Hall–Kier alpha value is -2.75. The molecule has 0 spiro atoms. The largest absolute Gasteiger partial charge is 0.321 e. The molecule has 3 rings (SSSR count). The van der Waals surface area contributed by atoms with Gasteiger partial charge in [0.05, 0.1) is 11.2 Å².